The minimum Gasteiger partial charge on any atom is -0.323 e. The van der Waals surface area contributed by atoms with Gasteiger partial charge in [0.05, 0.1) is 15.6 Å². The minimum absolute atomic E-state index is 0.0569. The van der Waals surface area contributed by atoms with E-state index < -0.39 is 27.8 Å². The second-order valence-corrected chi connectivity index (χ2v) is 9.41. The Hall–Kier alpha value is -1.48. The highest BCUT2D eigenvalue weighted by Gasteiger charge is 2.37. The van der Waals surface area contributed by atoms with Gasteiger partial charge in [0.1, 0.15) is 11.9 Å². The van der Waals surface area contributed by atoms with Crippen LogP contribution in [0.4, 0.5) is 10.1 Å². The summed E-state index contributed by atoms with van der Waals surface area (Å²) in [6, 6.07) is 9.06. The lowest BCUT2D eigenvalue weighted by atomic mass is 10.0. The topological polar surface area (TPSA) is 66.5 Å². The van der Waals surface area contributed by atoms with E-state index in [4.69, 9.17) is 11.6 Å². The smallest absolute Gasteiger partial charge is 0.243 e. The van der Waals surface area contributed by atoms with Gasteiger partial charge in [-0.1, -0.05) is 34.0 Å². The van der Waals surface area contributed by atoms with Crippen molar-refractivity contribution >= 4 is 49.1 Å². The molecule has 1 fully saturated rings. The van der Waals surface area contributed by atoms with Gasteiger partial charge in [0.2, 0.25) is 15.9 Å². The fraction of sp³-hybridized carbons (Fsp3) is 0.278. The summed E-state index contributed by atoms with van der Waals surface area (Å²) in [5.41, 5.74) is 0.245. The van der Waals surface area contributed by atoms with E-state index in [0.29, 0.717) is 12.8 Å². The molecule has 1 amide bonds. The van der Waals surface area contributed by atoms with E-state index in [-0.39, 0.29) is 22.2 Å². The number of rotatable bonds is 4. The number of nitrogens with one attached hydrogen (secondary N) is 1. The summed E-state index contributed by atoms with van der Waals surface area (Å²) >= 11 is 9.24. The number of piperidine rings is 1. The molecule has 1 atom stereocenters. The van der Waals surface area contributed by atoms with Crippen molar-refractivity contribution in [1.29, 1.82) is 0 Å². The van der Waals surface area contributed by atoms with Crippen molar-refractivity contribution in [2.24, 2.45) is 0 Å². The van der Waals surface area contributed by atoms with Crippen LogP contribution in [0.15, 0.2) is 51.8 Å². The molecule has 0 radical (unpaired) electrons. The zero-order valence-electron chi connectivity index (χ0n) is 14.2. The molecule has 1 heterocycles. The number of anilines is 1. The molecule has 1 aliphatic rings. The van der Waals surface area contributed by atoms with Crippen LogP contribution in [-0.2, 0) is 14.8 Å². The largest absolute Gasteiger partial charge is 0.323 e. The second-order valence-electron chi connectivity index (χ2n) is 6.19. The number of carbonyl (C=O) groups excluding carboxylic acids is 1. The molecule has 1 saturated heterocycles. The van der Waals surface area contributed by atoms with E-state index in [1.54, 1.807) is 12.1 Å². The molecule has 1 N–H and O–H groups in total. The fourth-order valence-electron chi connectivity index (χ4n) is 3.00. The van der Waals surface area contributed by atoms with Gasteiger partial charge in [0.15, 0.2) is 0 Å². The van der Waals surface area contributed by atoms with Crippen LogP contribution in [0, 0.1) is 5.82 Å². The third-order valence-corrected chi connectivity index (χ3v) is 7.13. The van der Waals surface area contributed by atoms with Crippen LogP contribution in [0.1, 0.15) is 19.3 Å². The van der Waals surface area contributed by atoms with E-state index in [0.717, 1.165) is 17.0 Å². The Bertz CT molecular complexity index is 954. The maximum absolute atomic E-state index is 13.2. The molecule has 27 heavy (non-hydrogen) atoms. The van der Waals surface area contributed by atoms with Crippen LogP contribution >= 0.6 is 27.5 Å². The minimum atomic E-state index is -3.82. The van der Waals surface area contributed by atoms with Gasteiger partial charge in [-0.05, 0) is 55.3 Å². The molecule has 1 aliphatic heterocycles. The average Bonchev–Trinajstić information content (AvgIpc) is 2.64. The number of sulfonamides is 1. The van der Waals surface area contributed by atoms with E-state index in [2.05, 4.69) is 21.2 Å². The van der Waals surface area contributed by atoms with Crippen LogP contribution in [0.2, 0.25) is 5.02 Å². The third kappa shape index (κ3) is 4.51. The molecule has 0 aliphatic carbocycles. The molecule has 9 heteroatoms. The summed E-state index contributed by atoms with van der Waals surface area (Å²) in [5, 5.41) is 2.68. The predicted octanol–water partition coefficient (Wildman–Crippen LogP) is 4.42. The van der Waals surface area contributed by atoms with Gasteiger partial charge in [0, 0.05) is 11.0 Å². The Labute approximate surface area is 170 Å². The van der Waals surface area contributed by atoms with Crippen molar-refractivity contribution in [1.82, 2.24) is 4.31 Å². The zero-order valence-corrected chi connectivity index (χ0v) is 17.3. The highest BCUT2D eigenvalue weighted by Crippen LogP contribution is 2.28. The summed E-state index contributed by atoms with van der Waals surface area (Å²) in [6.07, 6.45) is 1.82. The summed E-state index contributed by atoms with van der Waals surface area (Å²) in [4.78, 5) is 12.9. The number of hydrogen-bond acceptors (Lipinski definition) is 3. The lowest BCUT2D eigenvalue weighted by Gasteiger charge is -2.33. The van der Waals surface area contributed by atoms with E-state index >= 15 is 0 Å². The number of benzene rings is 2. The van der Waals surface area contributed by atoms with Crippen molar-refractivity contribution in [3.05, 3.63) is 57.8 Å². The number of halogens is 3. The Morgan fingerprint density at radius 2 is 1.89 bits per heavy atom. The SMILES string of the molecule is O=C(Nc1ccc(F)cc1Cl)C1CCCCN1S(=O)(=O)c1ccc(Br)cc1. The molecule has 0 bridgehead atoms. The number of amides is 1. The number of hydrogen-bond donors (Lipinski definition) is 1. The Balaban J connectivity index is 1.86. The van der Waals surface area contributed by atoms with E-state index in [1.165, 1.54) is 28.6 Å². The van der Waals surface area contributed by atoms with E-state index in [9.17, 15) is 17.6 Å². The standard InChI is InChI=1S/C18H17BrClFN2O3S/c19-12-4-7-14(8-5-12)27(25,26)23-10-2-1-3-17(23)18(24)22-16-9-6-13(21)11-15(16)20/h4-9,11,17H,1-3,10H2,(H,22,24). The first-order chi connectivity index (χ1) is 12.8. The van der Waals surface area contributed by atoms with Gasteiger partial charge in [-0.15, -0.1) is 0 Å². The van der Waals surface area contributed by atoms with Gasteiger partial charge in [-0.2, -0.15) is 4.31 Å². The molecular formula is C18H17BrClFN2O3S. The van der Waals surface area contributed by atoms with Crippen molar-refractivity contribution in [3.8, 4) is 0 Å². The fourth-order valence-corrected chi connectivity index (χ4v) is 5.14. The normalized spacial score (nSPS) is 18.3. The van der Waals surface area contributed by atoms with Gasteiger partial charge < -0.3 is 5.32 Å². The molecule has 0 aromatic heterocycles. The lowest BCUT2D eigenvalue weighted by molar-refractivity contribution is -0.120. The third-order valence-electron chi connectivity index (χ3n) is 4.37. The summed E-state index contributed by atoms with van der Waals surface area (Å²) in [5.74, 6) is -1.00. The van der Waals surface area contributed by atoms with E-state index in [1.807, 2.05) is 0 Å². The molecule has 2 aromatic rings. The molecule has 2 aromatic carbocycles. The molecule has 3 rings (SSSR count). The van der Waals surface area contributed by atoms with Crippen LogP contribution < -0.4 is 5.32 Å². The van der Waals surface area contributed by atoms with Gasteiger partial charge in [0.25, 0.3) is 0 Å². The first kappa shape index (κ1) is 20.3. The molecule has 1 unspecified atom stereocenters. The first-order valence-electron chi connectivity index (χ1n) is 8.32. The number of carbonyl (C=O) groups is 1. The first-order valence-corrected chi connectivity index (χ1v) is 10.9. The maximum Gasteiger partial charge on any atom is 0.243 e. The molecule has 144 valence electrons. The second kappa shape index (κ2) is 8.26. The lowest BCUT2D eigenvalue weighted by Crippen LogP contribution is -2.49. The predicted molar refractivity (Wildman–Crippen MR) is 106 cm³/mol. The summed E-state index contributed by atoms with van der Waals surface area (Å²) in [6.45, 7) is 0.258. The van der Waals surface area contributed by atoms with Crippen molar-refractivity contribution < 1.29 is 17.6 Å². The maximum atomic E-state index is 13.2. The molecule has 0 saturated carbocycles. The van der Waals surface area contributed by atoms with Crippen LogP contribution in [0.3, 0.4) is 0 Å². The zero-order chi connectivity index (χ0) is 19.6. The highest BCUT2D eigenvalue weighted by atomic mass is 79.9. The van der Waals surface area contributed by atoms with Gasteiger partial charge in [-0.25, -0.2) is 12.8 Å². The Morgan fingerprint density at radius 1 is 1.19 bits per heavy atom. The van der Waals surface area contributed by atoms with Crippen LogP contribution in [-0.4, -0.2) is 31.2 Å². The van der Waals surface area contributed by atoms with Crippen molar-refractivity contribution in [2.45, 2.75) is 30.2 Å². The summed E-state index contributed by atoms with van der Waals surface area (Å²) < 4.78 is 41.2. The molecular weight excluding hydrogens is 459 g/mol. The van der Waals surface area contributed by atoms with Crippen LogP contribution in [0.5, 0.6) is 0 Å². The van der Waals surface area contributed by atoms with Crippen molar-refractivity contribution in [3.63, 3.8) is 0 Å². The van der Waals surface area contributed by atoms with Crippen LogP contribution in [0.25, 0.3) is 0 Å². The molecule has 0 spiro atoms. The quantitative estimate of drug-likeness (QED) is 0.712. The average molecular weight is 476 g/mol. The molecule has 5 nitrogen and oxygen atoms in total. The highest BCUT2D eigenvalue weighted by molar-refractivity contribution is 9.10. The Kier molecular flexibility index (Phi) is 6.20. The van der Waals surface area contributed by atoms with Gasteiger partial charge >= 0.3 is 0 Å². The number of nitrogens with zero attached hydrogens (tertiary/aromatic N) is 1. The Morgan fingerprint density at radius 3 is 2.56 bits per heavy atom. The summed E-state index contributed by atoms with van der Waals surface area (Å²) in [7, 11) is -3.82. The van der Waals surface area contributed by atoms with Gasteiger partial charge in [-0.3, -0.25) is 4.79 Å². The monoisotopic (exact) mass is 474 g/mol. The van der Waals surface area contributed by atoms with Crippen molar-refractivity contribution in [2.75, 3.05) is 11.9 Å².